The van der Waals surface area contributed by atoms with E-state index < -0.39 is 0 Å². The third-order valence-electron chi connectivity index (χ3n) is 2.76. The van der Waals surface area contributed by atoms with E-state index in [1.165, 1.54) is 32.1 Å². The zero-order valence-corrected chi connectivity index (χ0v) is 11.9. The Morgan fingerprint density at radius 1 is 1.15 bits per heavy atom. The van der Waals surface area contributed by atoms with Gasteiger partial charge in [0.1, 0.15) is 0 Å². The van der Waals surface area contributed by atoms with Crippen LogP contribution in [0.3, 0.4) is 0 Å². The van der Waals surface area contributed by atoms with Crippen LogP contribution in [0.1, 0.15) is 59.8 Å². The SMILES string of the molecule is CCCCCCC(C)C(C)(C)N.I. The van der Waals surface area contributed by atoms with Crippen LogP contribution in [0.25, 0.3) is 0 Å². The lowest BCUT2D eigenvalue weighted by Crippen LogP contribution is -2.39. The Balaban J connectivity index is 0. The van der Waals surface area contributed by atoms with Gasteiger partial charge in [0.2, 0.25) is 0 Å². The van der Waals surface area contributed by atoms with E-state index in [4.69, 9.17) is 5.73 Å². The largest absolute Gasteiger partial charge is 0.325 e. The van der Waals surface area contributed by atoms with E-state index in [-0.39, 0.29) is 29.5 Å². The molecular weight excluding hydrogens is 273 g/mol. The average molecular weight is 299 g/mol. The first-order valence-electron chi connectivity index (χ1n) is 5.27. The number of rotatable bonds is 6. The summed E-state index contributed by atoms with van der Waals surface area (Å²) in [5, 5.41) is 0. The van der Waals surface area contributed by atoms with Crippen LogP contribution in [0.2, 0.25) is 0 Å². The summed E-state index contributed by atoms with van der Waals surface area (Å²) in [7, 11) is 0. The van der Waals surface area contributed by atoms with Crippen molar-refractivity contribution in [3.8, 4) is 0 Å². The molecule has 0 spiro atoms. The summed E-state index contributed by atoms with van der Waals surface area (Å²) in [6.07, 6.45) is 6.69. The Morgan fingerprint density at radius 3 is 2.08 bits per heavy atom. The van der Waals surface area contributed by atoms with Crippen molar-refractivity contribution in [1.29, 1.82) is 0 Å². The molecule has 0 aromatic heterocycles. The average Bonchev–Trinajstić information content (AvgIpc) is 1.96. The zero-order chi connectivity index (χ0) is 9.61. The number of hydrogen-bond donors (Lipinski definition) is 1. The molecule has 0 aliphatic carbocycles. The number of unbranched alkanes of at least 4 members (excludes halogenated alkanes) is 3. The summed E-state index contributed by atoms with van der Waals surface area (Å²) in [5.74, 6) is 0.648. The highest BCUT2D eigenvalue weighted by atomic mass is 127. The van der Waals surface area contributed by atoms with E-state index in [9.17, 15) is 0 Å². The Labute approximate surface area is 101 Å². The van der Waals surface area contributed by atoms with Gasteiger partial charge in [0.25, 0.3) is 0 Å². The van der Waals surface area contributed by atoms with E-state index in [1.807, 2.05) is 0 Å². The third kappa shape index (κ3) is 9.01. The molecule has 0 saturated carbocycles. The minimum Gasteiger partial charge on any atom is -0.325 e. The molecule has 0 rings (SSSR count). The molecule has 0 aliphatic heterocycles. The fourth-order valence-electron chi connectivity index (χ4n) is 1.25. The highest BCUT2D eigenvalue weighted by Crippen LogP contribution is 2.19. The van der Waals surface area contributed by atoms with Gasteiger partial charge in [0.05, 0.1) is 0 Å². The molecule has 1 atom stereocenters. The lowest BCUT2D eigenvalue weighted by atomic mass is 9.86. The molecule has 0 aromatic carbocycles. The van der Waals surface area contributed by atoms with Crippen LogP contribution in [0.4, 0.5) is 0 Å². The Kier molecular flexibility index (Phi) is 9.97. The monoisotopic (exact) mass is 299 g/mol. The van der Waals surface area contributed by atoms with Gasteiger partial charge in [-0.15, -0.1) is 24.0 Å². The smallest absolute Gasteiger partial charge is 0.0123 e. The first-order valence-corrected chi connectivity index (χ1v) is 5.27. The predicted molar refractivity (Wildman–Crippen MR) is 71.6 cm³/mol. The minimum atomic E-state index is 0. The fourth-order valence-corrected chi connectivity index (χ4v) is 1.25. The summed E-state index contributed by atoms with van der Waals surface area (Å²) in [4.78, 5) is 0. The summed E-state index contributed by atoms with van der Waals surface area (Å²) >= 11 is 0. The summed E-state index contributed by atoms with van der Waals surface area (Å²) in [5.41, 5.74) is 6.00. The van der Waals surface area contributed by atoms with Gasteiger partial charge < -0.3 is 5.73 Å². The van der Waals surface area contributed by atoms with Gasteiger partial charge in [0.15, 0.2) is 0 Å². The van der Waals surface area contributed by atoms with Crippen molar-refractivity contribution in [2.45, 2.75) is 65.3 Å². The molecule has 0 saturated heterocycles. The molecule has 0 amide bonds. The maximum atomic E-state index is 5.99. The molecule has 0 aliphatic rings. The second-order valence-corrected chi connectivity index (χ2v) is 4.57. The van der Waals surface area contributed by atoms with Crippen LogP contribution >= 0.6 is 24.0 Å². The van der Waals surface area contributed by atoms with E-state index in [0.717, 1.165) is 0 Å². The number of halogens is 1. The first kappa shape index (κ1) is 16.1. The summed E-state index contributed by atoms with van der Waals surface area (Å²) in [6, 6.07) is 0. The number of nitrogens with two attached hydrogens (primary N) is 1. The minimum absolute atomic E-state index is 0. The molecule has 1 nitrogen and oxygen atoms in total. The van der Waals surface area contributed by atoms with Crippen LogP contribution in [-0.2, 0) is 0 Å². The van der Waals surface area contributed by atoms with E-state index in [0.29, 0.717) is 5.92 Å². The van der Waals surface area contributed by atoms with Gasteiger partial charge >= 0.3 is 0 Å². The van der Waals surface area contributed by atoms with Crippen molar-refractivity contribution < 1.29 is 0 Å². The Bertz CT molecular complexity index is 107. The normalized spacial score (nSPS) is 13.6. The first-order chi connectivity index (χ1) is 5.48. The van der Waals surface area contributed by atoms with Crippen molar-refractivity contribution in [1.82, 2.24) is 0 Å². The molecule has 0 bridgehead atoms. The van der Waals surface area contributed by atoms with Gasteiger partial charge in [-0.05, 0) is 26.2 Å². The van der Waals surface area contributed by atoms with Crippen LogP contribution < -0.4 is 5.73 Å². The molecule has 2 heteroatoms. The lowest BCUT2D eigenvalue weighted by molar-refractivity contribution is 0.317. The quantitative estimate of drug-likeness (QED) is 0.583. The number of hydrogen-bond acceptors (Lipinski definition) is 1. The lowest BCUT2D eigenvalue weighted by Gasteiger charge is -2.27. The fraction of sp³-hybridized carbons (Fsp3) is 1.00. The maximum absolute atomic E-state index is 5.99. The van der Waals surface area contributed by atoms with Crippen LogP contribution in [-0.4, -0.2) is 5.54 Å². The third-order valence-corrected chi connectivity index (χ3v) is 2.76. The van der Waals surface area contributed by atoms with Crippen molar-refractivity contribution in [3.05, 3.63) is 0 Å². The van der Waals surface area contributed by atoms with Crippen LogP contribution in [0.15, 0.2) is 0 Å². The molecule has 82 valence electrons. The van der Waals surface area contributed by atoms with E-state index in [1.54, 1.807) is 0 Å². The van der Waals surface area contributed by atoms with Gasteiger partial charge in [-0.25, -0.2) is 0 Å². The summed E-state index contributed by atoms with van der Waals surface area (Å²) < 4.78 is 0. The van der Waals surface area contributed by atoms with E-state index in [2.05, 4.69) is 27.7 Å². The van der Waals surface area contributed by atoms with Gasteiger partial charge in [0, 0.05) is 5.54 Å². The molecule has 13 heavy (non-hydrogen) atoms. The summed E-state index contributed by atoms with van der Waals surface area (Å²) in [6.45, 7) is 8.75. The topological polar surface area (TPSA) is 26.0 Å². The van der Waals surface area contributed by atoms with Crippen molar-refractivity contribution in [3.63, 3.8) is 0 Å². The second kappa shape index (κ2) is 8.04. The Hall–Kier alpha value is 0.690. The molecule has 0 radical (unpaired) electrons. The van der Waals surface area contributed by atoms with Gasteiger partial charge in [-0.1, -0.05) is 39.5 Å². The van der Waals surface area contributed by atoms with Crippen molar-refractivity contribution in [2.75, 3.05) is 0 Å². The van der Waals surface area contributed by atoms with Crippen LogP contribution in [0.5, 0.6) is 0 Å². The zero-order valence-electron chi connectivity index (χ0n) is 9.60. The van der Waals surface area contributed by atoms with Crippen molar-refractivity contribution >= 4 is 24.0 Å². The predicted octanol–water partition coefficient (Wildman–Crippen LogP) is 3.95. The second-order valence-electron chi connectivity index (χ2n) is 4.57. The molecular formula is C11H26IN. The molecule has 2 N–H and O–H groups in total. The Morgan fingerprint density at radius 2 is 1.69 bits per heavy atom. The van der Waals surface area contributed by atoms with Gasteiger partial charge in [-0.2, -0.15) is 0 Å². The highest BCUT2D eigenvalue weighted by molar-refractivity contribution is 14.0. The molecule has 1 unspecified atom stereocenters. The van der Waals surface area contributed by atoms with Crippen LogP contribution in [0, 0.1) is 5.92 Å². The molecule has 0 fully saturated rings. The van der Waals surface area contributed by atoms with Crippen molar-refractivity contribution in [2.24, 2.45) is 11.7 Å². The van der Waals surface area contributed by atoms with Gasteiger partial charge in [-0.3, -0.25) is 0 Å². The molecule has 0 heterocycles. The standard InChI is InChI=1S/C11H25N.HI/c1-5-6-7-8-9-10(2)11(3,4)12;/h10H,5-9,12H2,1-4H3;1H. The molecule has 0 aromatic rings. The maximum Gasteiger partial charge on any atom is 0.0123 e. The van der Waals surface area contributed by atoms with E-state index >= 15 is 0 Å². The highest BCUT2D eigenvalue weighted by Gasteiger charge is 2.19.